The first-order valence-corrected chi connectivity index (χ1v) is 3.67. The van der Waals surface area contributed by atoms with E-state index in [2.05, 4.69) is 5.92 Å². The normalized spacial score (nSPS) is 8.57. The molecule has 0 heterocycles. The van der Waals surface area contributed by atoms with E-state index in [-0.39, 0.29) is 16.9 Å². The Labute approximate surface area is 79.8 Å². The minimum atomic E-state index is -1.31. The number of benzene rings is 1. The molecule has 4 nitrogen and oxygen atoms in total. The fourth-order valence-corrected chi connectivity index (χ4v) is 0.908. The second-order valence-corrected chi connectivity index (χ2v) is 2.41. The monoisotopic (exact) mass is 190 g/mol. The van der Waals surface area contributed by atoms with Gasteiger partial charge >= 0.3 is 5.97 Å². The standard InChI is InChI=1S/C10H6O4/c11-6-7-2-1-3-9(12)8(7)4-5-10(13)14/h1-3,6,12H,(H,13,14). The van der Waals surface area contributed by atoms with Crippen LogP contribution in [0.3, 0.4) is 0 Å². The number of hydrogen-bond acceptors (Lipinski definition) is 3. The quantitative estimate of drug-likeness (QED) is 0.503. The number of phenols is 1. The van der Waals surface area contributed by atoms with E-state index in [0.717, 1.165) is 0 Å². The van der Waals surface area contributed by atoms with Crippen molar-refractivity contribution in [3.05, 3.63) is 29.3 Å². The highest BCUT2D eigenvalue weighted by atomic mass is 16.4. The second-order valence-electron chi connectivity index (χ2n) is 2.41. The summed E-state index contributed by atoms with van der Waals surface area (Å²) in [6, 6.07) is 4.25. The number of carbonyl (C=O) groups is 2. The molecule has 70 valence electrons. The van der Waals surface area contributed by atoms with E-state index in [1.807, 2.05) is 5.92 Å². The third kappa shape index (κ3) is 2.11. The van der Waals surface area contributed by atoms with Gasteiger partial charge in [0.2, 0.25) is 0 Å². The first-order chi connectivity index (χ1) is 6.65. The highest BCUT2D eigenvalue weighted by Crippen LogP contribution is 2.18. The Bertz CT molecular complexity index is 437. The van der Waals surface area contributed by atoms with E-state index in [9.17, 15) is 14.7 Å². The second kappa shape index (κ2) is 4.10. The molecule has 0 radical (unpaired) electrons. The van der Waals surface area contributed by atoms with E-state index in [1.54, 1.807) is 0 Å². The van der Waals surface area contributed by atoms with Crippen molar-refractivity contribution in [2.24, 2.45) is 0 Å². The number of aliphatic carboxylic acids is 1. The van der Waals surface area contributed by atoms with E-state index in [4.69, 9.17) is 5.11 Å². The zero-order valence-corrected chi connectivity index (χ0v) is 7.02. The van der Waals surface area contributed by atoms with Crippen LogP contribution in [0.25, 0.3) is 0 Å². The van der Waals surface area contributed by atoms with Crippen LogP contribution in [0.15, 0.2) is 18.2 Å². The molecule has 0 unspecified atom stereocenters. The van der Waals surface area contributed by atoms with Gasteiger partial charge in [-0.3, -0.25) is 4.79 Å². The molecule has 0 aliphatic heterocycles. The molecule has 0 bridgehead atoms. The summed E-state index contributed by atoms with van der Waals surface area (Å²) >= 11 is 0. The van der Waals surface area contributed by atoms with Crippen LogP contribution >= 0.6 is 0 Å². The molecule has 0 atom stereocenters. The van der Waals surface area contributed by atoms with Crippen molar-refractivity contribution in [3.63, 3.8) is 0 Å². The molecule has 0 spiro atoms. The topological polar surface area (TPSA) is 74.6 Å². The Hall–Kier alpha value is -2.28. The van der Waals surface area contributed by atoms with Crippen molar-refractivity contribution in [1.29, 1.82) is 0 Å². The van der Waals surface area contributed by atoms with Gasteiger partial charge in [-0.15, -0.1) is 0 Å². The van der Waals surface area contributed by atoms with Crippen LogP contribution in [0.2, 0.25) is 0 Å². The van der Waals surface area contributed by atoms with Gasteiger partial charge in [-0.25, -0.2) is 4.79 Å². The van der Waals surface area contributed by atoms with Crippen LogP contribution in [-0.2, 0) is 4.79 Å². The number of aromatic hydroxyl groups is 1. The Morgan fingerprint density at radius 3 is 2.71 bits per heavy atom. The van der Waals surface area contributed by atoms with Crippen LogP contribution in [0.4, 0.5) is 0 Å². The van der Waals surface area contributed by atoms with E-state index < -0.39 is 5.97 Å². The summed E-state index contributed by atoms with van der Waals surface area (Å²) in [4.78, 5) is 20.6. The number of rotatable bonds is 1. The first kappa shape index (κ1) is 9.81. The molecule has 0 aliphatic rings. The lowest BCUT2D eigenvalue weighted by molar-refractivity contribution is -0.130. The fourth-order valence-electron chi connectivity index (χ4n) is 0.908. The summed E-state index contributed by atoms with van der Waals surface area (Å²) in [6.07, 6.45) is 0.506. The first-order valence-electron chi connectivity index (χ1n) is 3.67. The number of carboxylic acids is 1. The van der Waals surface area contributed by atoms with Crippen LogP contribution < -0.4 is 0 Å². The summed E-state index contributed by atoms with van der Waals surface area (Å²) < 4.78 is 0. The van der Waals surface area contributed by atoms with Gasteiger partial charge in [0.05, 0.1) is 5.56 Å². The Morgan fingerprint density at radius 1 is 1.43 bits per heavy atom. The number of aldehydes is 1. The van der Waals surface area contributed by atoms with Gasteiger partial charge < -0.3 is 10.2 Å². The van der Waals surface area contributed by atoms with Gasteiger partial charge in [-0.2, -0.15) is 0 Å². The predicted molar refractivity (Wildman–Crippen MR) is 48.0 cm³/mol. The summed E-state index contributed by atoms with van der Waals surface area (Å²) in [7, 11) is 0. The lowest BCUT2D eigenvalue weighted by Gasteiger charge is -1.98. The maximum atomic E-state index is 10.5. The molecule has 0 fully saturated rings. The largest absolute Gasteiger partial charge is 0.507 e. The average molecular weight is 190 g/mol. The highest BCUT2D eigenvalue weighted by Gasteiger charge is 2.03. The van der Waals surface area contributed by atoms with E-state index in [1.165, 1.54) is 18.2 Å². The Morgan fingerprint density at radius 2 is 2.14 bits per heavy atom. The van der Waals surface area contributed by atoms with Gasteiger partial charge in [0.15, 0.2) is 6.29 Å². The lowest BCUT2D eigenvalue weighted by Crippen LogP contribution is -1.91. The maximum absolute atomic E-state index is 10.5. The number of carbonyl (C=O) groups excluding carboxylic acids is 1. The van der Waals surface area contributed by atoms with E-state index >= 15 is 0 Å². The Balaban J connectivity index is 3.26. The summed E-state index contributed by atoms with van der Waals surface area (Å²) in [5, 5.41) is 17.6. The molecular weight excluding hydrogens is 184 g/mol. The lowest BCUT2D eigenvalue weighted by atomic mass is 10.1. The third-order valence-corrected chi connectivity index (χ3v) is 1.50. The molecule has 14 heavy (non-hydrogen) atoms. The molecule has 1 aromatic rings. The zero-order chi connectivity index (χ0) is 10.6. The summed E-state index contributed by atoms with van der Waals surface area (Å²) in [5.41, 5.74) is 0.198. The highest BCUT2D eigenvalue weighted by molar-refractivity contribution is 5.89. The molecule has 0 saturated carbocycles. The van der Waals surface area contributed by atoms with Crippen molar-refractivity contribution in [3.8, 4) is 17.6 Å². The van der Waals surface area contributed by atoms with Crippen molar-refractivity contribution >= 4 is 12.3 Å². The SMILES string of the molecule is O=Cc1cccc(O)c1C#CC(=O)O. The van der Waals surface area contributed by atoms with Crippen molar-refractivity contribution in [2.45, 2.75) is 0 Å². The molecule has 0 aliphatic carbocycles. The van der Waals surface area contributed by atoms with Crippen molar-refractivity contribution in [2.75, 3.05) is 0 Å². The maximum Gasteiger partial charge on any atom is 0.382 e. The fraction of sp³-hybridized carbons (Fsp3) is 0. The van der Waals surface area contributed by atoms with Crippen LogP contribution in [0.1, 0.15) is 15.9 Å². The molecule has 2 N–H and O–H groups in total. The van der Waals surface area contributed by atoms with Gasteiger partial charge in [-0.05, 0) is 6.07 Å². The molecule has 1 rings (SSSR count). The minimum absolute atomic E-state index is 0.0323. The van der Waals surface area contributed by atoms with E-state index in [0.29, 0.717) is 6.29 Å². The minimum Gasteiger partial charge on any atom is -0.507 e. The average Bonchev–Trinajstić information content (AvgIpc) is 2.15. The number of phenolic OH excluding ortho intramolecular Hbond substituents is 1. The molecule has 1 aromatic carbocycles. The zero-order valence-electron chi connectivity index (χ0n) is 7.02. The molecule has 0 aromatic heterocycles. The molecule has 0 saturated heterocycles. The summed E-state index contributed by atoms with van der Waals surface area (Å²) in [6.45, 7) is 0. The number of carboxylic acid groups (broad SMARTS) is 1. The van der Waals surface area contributed by atoms with Crippen LogP contribution in [0, 0.1) is 11.8 Å². The van der Waals surface area contributed by atoms with Gasteiger partial charge in [0.1, 0.15) is 5.75 Å². The number of hydrogen-bond donors (Lipinski definition) is 2. The van der Waals surface area contributed by atoms with Crippen LogP contribution in [0.5, 0.6) is 5.75 Å². The van der Waals surface area contributed by atoms with Crippen LogP contribution in [-0.4, -0.2) is 22.5 Å². The molecular formula is C10H6O4. The smallest absolute Gasteiger partial charge is 0.382 e. The predicted octanol–water partition coefficient (Wildman–Crippen LogP) is 0.641. The van der Waals surface area contributed by atoms with Crippen molar-refractivity contribution < 1.29 is 19.8 Å². The van der Waals surface area contributed by atoms with Gasteiger partial charge in [0.25, 0.3) is 0 Å². The third-order valence-electron chi connectivity index (χ3n) is 1.50. The van der Waals surface area contributed by atoms with Gasteiger partial charge in [0, 0.05) is 11.5 Å². The molecule has 4 heteroatoms. The molecule has 0 amide bonds. The van der Waals surface area contributed by atoms with Gasteiger partial charge in [-0.1, -0.05) is 18.1 Å². The van der Waals surface area contributed by atoms with Crippen molar-refractivity contribution in [1.82, 2.24) is 0 Å². The Kier molecular flexibility index (Phi) is 2.87. The summed E-state index contributed by atoms with van der Waals surface area (Å²) in [5.74, 6) is 2.51.